The van der Waals surface area contributed by atoms with Crippen molar-refractivity contribution < 1.29 is 18.5 Å². The first-order chi connectivity index (χ1) is 14.1. The number of halogens is 1. The first-order valence-electron chi connectivity index (χ1n) is 9.74. The Kier molecular flexibility index (Phi) is 4.56. The number of benzene rings is 2. The van der Waals surface area contributed by atoms with Gasteiger partial charge in [0.05, 0.1) is 36.4 Å². The molecule has 0 radical (unpaired) electrons. The highest BCUT2D eigenvalue weighted by molar-refractivity contribution is 7.18. The van der Waals surface area contributed by atoms with Gasteiger partial charge in [-0.05, 0) is 37.3 Å². The van der Waals surface area contributed by atoms with Crippen LogP contribution in [0, 0.1) is 12.7 Å². The van der Waals surface area contributed by atoms with Crippen LogP contribution in [0.2, 0.25) is 0 Å². The lowest BCUT2D eigenvalue weighted by atomic mass is 10.1. The van der Waals surface area contributed by atoms with E-state index in [0.717, 1.165) is 30.2 Å². The second-order valence-corrected chi connectivity index (χ2v) is 8.61. The van der Waals surface area contributed by atoms with Crippen molar-refractivity contribution in [1.29, 1.82) is 0 Å². The quantitative estimate of drug-likeness (QED) is 0.565. The molecule has 2 aromatic heterocycles. The lowest BCUT2D eigenvalue weighted by Crippen LogP contribution is -3.13. The van der Waals surface area contributed by atoms with Crippen molar-refractivity contribution in [3.63, 3.8) is 0 Å². The molecular weight excluding hydrogens is 389 g/mol. The maximum absolute atomic E-state index is 13.5. The first-order valence-corrected chi connectivity index (χ1v) is 10.6. The van der Waals surface area contributed by atoms with Gasteiger partial charge in [-0.3, -0.25) is 4.79 Å². The van der Waals surface area contributed by atoms with E-state index >= 15 is 0 Å². The van der Waals surface area contributed by atoms with E-state index in [0.29, 0.717) is 35.4 Å². The van der Waals surface area contributed by atoms with Crippen molar-refractivity contribution in [3.8, 4) is 0 Å². The van der Waals surface area contributed by atoms with Crippen molar-refractivity contribution in [3.05, 3.63) is 64.6 Å². The molecule has 29 heavy (non-hydrogen) atoms. The van der Waals surface area contributed by atoms with Gasteiger partial charge in [0.2, 0.25) is 0 Å². The zero-order chi connectivity index (χ0) is 20.0. The van der Waals surface area contributed by atoms with Crippen LogP contribution in [0.15, 0.2) is 46.9 Å². The Morgan fingerprint density at radius 2 is 2.03 bits per heavy atom. The Balaban J connectivity index is 1.26. The Bertz CT molecular complexity index is 1170. The van der Waals surface area contributed by atoms with Crippen LogP contribution in [-0.2, 0) is 6.54 Å². The SMILES string of the molecule is Cc1c(C(=O)N2CC[NH+](Cc3nc4ccccc4s3)CC2)oc2ccc(F)cc12. The van der Waals surface area contributed by atoms with E-state index < -0.39 is 0 Å². The summed E-state index contributed by atoms with van der Waals surface area (Å²) < 4.78 is 20.5. The summed E-state index contributed by atoms with van der Waals surface area (Å²) >= 11 is 1.74. The molecule has 1 saturated heterocycles. The number of aryl methyl sites for hydroxylation is 1. The number of nitrogens with zero attached hydrogens (tertiary/aromatic N) is 2. The number of nitrogens with one attached hydrogen (secondary N) is 1. The molecule has 7 heteroatoms. The normalized spacial score (nSPS) is 15.4. The summed E-state index contributed by atoms with van der Waals surface area (Å²) in [5.74, 6) is -0.120. The second kappa shape index (κ2) is 7.24. The molecule has 5 nitrogen and oxygen atoms in total. The standard InChI is InChI=1S/C22H20FN3O2S/c1-14-16-12-15(23)6-7-18(16)28-21(14)22(27)26-10-8-25(9-11-26)13-20-24-17-4-2-3-5-19(17)29-20/h2-7,12H,8-11,13H2,1H3/p+1. The number of piperazine rings is 1. The maximum atomic E-state index is 13.5. The lowest BCUT2D eigenvalue weighted by molar-refractivity contribution is -0.917. The molecule has 2 aromatic carbocycles. The predicted octanol–water partition coefficient (Wildman–Crippen LogP) is 3.03. The fraction of sp³-hybridized carbons (Fsp3) is 0.273. The molecule has 0 bridgehead atoms. The van der Waals surface area contributed by atoms with Gasteiger partial charge in [-0.1, -0.05) is 12.1 Å². The molecule has 1 fully saturated rings. The Morgan fingerprint density at radius 1 is 1.24 bits per heavy atom. The van der Waals surface area contributed by atoms with Crippen LogP contribution >= 0.6 is 11.3 Å². The molecule has 0 spiro atoms. The van der Waals surface area contributed by atoms with E-state index in [1.165, 1.54) is 21.7 Å². The van der Waals surface area contributed by atoms with Gasteiger partial charge >= 0.3 is 0 Å². The summed E-state index contributed by atoms with van der Waals surface area (Å²) in [6, 6.07) is 12.5. The molecule has 1 aliphatic rings. The van der Waals surface area contributed by atoms with Crippen molar-refractivity contribution in [2.75, 3.05) is 26.2 Å². The molecule has 148 valence electrons. The molecule has 1 aliphatic heterocycles. The van der Waals surface area contributed by atoms with Gasteiger partial charge in [-0.15, -0.1) is 11.3 Å². The van der Waals surface area contributed by atoms with Crippen molar-refractivity contribution in [2.24, 2.45) is 0 Å². The van der Waals surface area contributed by atoms with Crippen LogP contribution in [0.5, 0.6) is 0 Å². The van der Waals surface area contributed by atoms with Gasteiger partial charge < -0.3 is 14.2 Å². The summed E-state index contributed by atoms with van der Waals surface area (Å²) in [5, 5.41) is 1.80. The zero-order valence-corrected chi connectivity index (χ0v) is 16.9. The van der Waals surface area contributed by atoms with Gasteiger partial charge in [0.25, 0.3) is 5.91 Å². The molecule has 4 aromatic rings. The third kappa shape index (κ3) is 3.41. The monoisotopic (exact) mass is 410 g/mol. The Morgan fingerprint density at radius 3 is 2.83 bits per heavy atom. The first kappa shape index (κ1) is 18.3. The fourth-order valence-corrected chi connectivity index (χ4v) is 4.99. The number of furan rings is 1. The molecule has 0 saturated carbocycles. The summed E-state index contributed by atoms with van der Waals surface area (Å²) in [4.78, 5) is 21.0. The molecule has 0 atom stereocenters. The summed E-state index contributed by atoms with van der Waals surface area (Å²) in [6.45, 7) is 5.77. The fourth-order valence-electron chi connectivity index (χ4n) is 3.95. The minimum atomic E-state index is -0.326. The van der Waals surface area contributed by atoms with E-state index in [-0.39, 0.29) is 11.7 Å². The van der Waals surface area contributed by atoms with Crippen molar-refractivity contribution >= 4 is 38.4 Å². The third-order valence-electron chi connectivity index (χ3n) is 5.59. The molecule has 1 N–H and O–H groups in total. The van der Waals surface area contributed by atoms with Crippen LogP contribution in [0.1, 0.15) is 21.1 Å². The van der Waals surface area contributed by atoms with E-state index in [1.54, 1.807) is 17.4 Å². The lowest BCUT2D eigenvalue weighted by Gasteiger charge is -2.31. The van der Waals surface area contributed by atoms with E-state index in [4.69, 9.17) is 9.40 Å². The van der Waals surface area contributed by atoms with E-state index in [2.05, 4.69) is 6.07 Å². The zero-order valence-electron chi connectivity index (χ0n) is 16.1. The van der Waals surface area contributed by atoms with E-state index in [9.17, 15) is 9.18 Å². The Labute approximate surface area is 171 Å². The van der Waals surface area contributed by atoms with Gasteiger partial charge in [-0.25, -0.2) is 9.37 Å². The van der Waals surface area contributed by atoms with Gasteiger partial charge in [0.1, 0.15) is 23.0 Å². The van der Waals surface area contributed by atoms with Crippen LogP contribution in [0.3, 0.4) is 0 Å². The number of thiazole rings is 1. The third-order valence-corrected chi connectivity index (χ3v) is 6.63. The average Bonchev–Trinajstić information content (AvgIpc) is 3.28. The number of quaternary nitrogens is 1. The number of rotatable bonds is 3. The Hall–Kier alpha value is -2.77. The average molecular weight is 410 g/mol. The van der Waals surface area contributed by atoms with Crippen LogP contribution in [-0.4, -0.2) is 42.0 Å². The van der Waals surface area contributed by atoms with Crippen LogP contribution in [0.4, 0.5) is 4.39 Å². The summed E-state index contributed by atoms with van der Waals surface area (Å²) in [6.07, 6.45) is 0. The molecule has 0 unspecified atom stereocenters. The molecular formula is C22H21FN3O2S+. The highest BCUT2D eigenvalue weighted by atomic mass is 32.1. The van der Waals surface area contributed by atoms with Crippen molar-refractivity contribution in [2.45, 2.75) is 13.5 Å². The summed E-state index contributed by atoms with van der Waals surface area (Å²) in [5.41, 5.74) is 2.30. The molecule has 0 aliphatic carbocycles. The number of hydrogen-bond acceptors (Lipinski definition) is 4. The number of aromatic nitrogens is 1. The summed E-state index contributed by atoms with van der Waals surface area (Å²) in [7, 11) is 0. The maximum Gasteiger partial charge on any atom is 0.290 e. The second-order valence-electron chi connectivity index (χ2n) is 7.49. The topological polar surface area (TPSA) is 50.8 Å². The number of fused-ring (bicyclic) bond motifs is 2. The van der Waals surface area contributed by atoms with E-state index in [1.807, 2.05) is 30.0 Å². The predicted molar refractivity (Wildman–Crippen MR) is 111 cm³/mol. The number of para-hydroxylation sites is 1. The van der Waals surface area contributed by atoms with Crippen LogP contribution in [0.25, 0.3) is 21.2 Å². The smallest absolute Gasteiger partial charge is 0.290 e. The molecule has 1 amide bonds. The van der Waals surface area contributed by atoms with Crippen LogP contribution < -0.4 is 4.90 Å². The number of hydrogen-bond donors (Lipinski definition) is 1. The van der Waals surface area contributed by atoms with Crippen molar-refractivity contribution in [1.82, 2.24) is 9.88 Å². The number of carbonyl (C=O) groups is 1. The number of amides is 1. The largest absolute Gasteiger partial charge is 0.451 e. The minimum absolute atomic E-state index is 0.113. The highest BCUT2D eigenvalue weighted by Gasteiger charge is 2.29. The molecule has 3 heterocycles. The molecule has 5 rings (SSSR count). The van der Waals surface area contributed by atoms with Gasteiger partial charge in [-0.2, -0.15) is 0 Å². The minimum Gasteiger partial charge on any atom is -0.451 e. The van der Waals surface area contributed by atoms with Gasteiger partial charge in [0.15, 0.2) is 5.76 Å². The number of carbonyl (C=O) groups excluding carboxylic acids is 1. The van der Waals surface area contributed by atoms with Gasteiger partial charge in [0, 0.05) is 10.9 Å². The highest BCUT2D eigenvalue weighted by Crippen LogP contribution is 2.27.